The van der Waals surface area contributed by atoms with Gasteiger partial charge < -0.3 is 9.64 Å². The number of rotatable bonds is 5. The third-order valence-electron chi connectivity index (χ3n) is 5.81. The summed E-state index contributed by atoms with van der Waals surface area (Å²) in [6, 6.07) is 3.58. The Kier molecular flexibility index (Phi) is 4.11. The Hall–Kier alpha value is -1.47. The minimum absolute atomic E-state index is 0.00855. The lowest BCUT2D eigenvalue weighted by atomic mass is 9.83. The van der Waals surface area contributed by atoms with Crippen molar-refractivity contribution in [2.24, 2.45) is 11.8 Å². The Bertz CT molecular complexity index is 782. The molecular formula is C18H24N2O4S. The Balaban J connectivity index is 1.44. The largest absolute Gasteiger partial charge is 0.381 e. The molecule has 2 saturated heterocycles. The second-order valence-corrected chi connectivity index (χ2v) is 10.2. The molecule has 1 aromatic heterocycles. The summed E-state index contributed by atoms with van der Waals surface area (Å²) in [5.74, 6) is 0.676. The molecule has 1 saturated carbocycles. The van der Waals surface area contributed by atoms with Gasteiger partial charge in [-0.1, -0.05) is 0 Å². The van der Waals surface area contributed by atoms with Gasteiger partial charge in [-0.15, -0.1) is 0 Å². The van der Waals surface area contributed by atoms with Crippen molar-refractivity contribution in [3.63, 3.8) is 0 Å². The maximum Gasteiger partial charge on any atom is 0.272 e. The molecule has 4 rings (SSSR count). The van der Waals surface area contributed by atoms with Crippen LogP contribution in [0.5, 0.6) is 0 Å². The van der Waals surface area contributed by atoms with Crippen molar-refractivity contribution in [3.05, 3.63) is 29.6 Å². The lowest BCUT2D eigenvalue weighted by molar-refractivity contribution is 0.0225. The van der Waals surface area contributed by atoms with Crippen LogP contribution in [0.25, 0.3) is 0 Å². The van der Waals surface area contributed by atoms with Crippen LogP contribution in [0.3, 0.4) is 0 Å². The van der Waals surface area contributed by atoms with E-state index in [4.69, 9.17) is 4.74 Å². The first-order valence-corrected chi connectivity index (χ1v) is 10.6. The first-order chi connectivity index (χ1) is 11.9. The van der Waals surface area contributed by atoms with Crippen LogP contribution in [0.15, 0.2) is 18.3 Å². The van der Waals surface area contributed by atoms with Crippen LogP contribution in [0.1, 0.15) is 35.3 Å². The monoisotopic (exact) mass is 364 g/mol. The van der Waals surface area contributed by atoms with E-state index in [9.17, 15) is 13.2 Å². The number of carbonyl (C=O) groups excluding carboxylic acids is 1. The zero-order valence-electron chi connectivity index (χ0n) is 14.5. The maximum absolute atomic E-state index is 12.6. The van der Waals surface area contributed by atoms with Crippen molar-refractivity contribution in [1.29, 1.82) is 0 Å². The number of aryl methyl sites for hydroxylation is 1. The number of amides is 1. The van der Waals surface area contributed by atoms with Crippen molar-refractivity contribution in [2.45, 2.75) is 30.9 Å². The topological polar surface area (TPSA) is 76.6 Å². The third-order valence-corrected chi connectivity index (χ3v) is 8.41. The fourth-order valence-electron chi connectivity index (χ4n) is 3.93. The Labute approximate surface area is 148 Å². The molecule has 3 aliphatic rings. The van der Waals surface area contributed by atoms with E-state index < -0.39 is 14.6 Å². The third kappa shape index (κ3) is 2.97. The molecule has 3 fully saturated rings. The lowest BCUT2D eigenvalue weighted by Gasteiger charge is -2.49. The maximum atomic E-state index is 12.6. The van der Waals surface area contributed by atoms with Gasteiger partial charge in [0.2, 0.25) is 0 Å². The van der Waals surface area contributed by atoms with Gasteiger partial charge in [0.05, 0.1) is 12.4 Å². The molecule has 1 aromatic rings. The van der Waals surface area contributed by atoms with Gasteiger partial charge in [0, 0.05) is 31.8 Å². The number of pyridine rings is 1. The summed E-state index contributed by atoms with van der Waals surface area (Å²) < 4.78 is 30.2. The quantitative estimate of drug-likeness (QED) is 0.790. The van der Waals surface area contributed by atoms with Crippen LogP contribution >= 0.6 is 0 Å². The summed E-state index contributed by atoms with van der Waals surface area (Å²) in [6.45, 7) is 3.66. The zero-order chi connectivity index (χ0) is 17.7. The molecule has 0 unspecified atom stereocenters. The van der Waals surface area contributed by atoms with Gasteiger partial charge in [-0.3, -0.25) is 9.78 Å². The van der Waals surface area contributed by atoms with Crippen molar-refractivity contribution in [1.82, 2.24) is 9.88 Å². The van der Waals surface area contributed by atoms with Crippen LogP contribution in [-0.4, -0.2) is 61.0 Å². The summed E-state index contributed by atoms with van der Waals surface area (Å²) in [7, 11) is -3.19. The Morgan fingerprint density at radius 1 is 1.32 bits per heavy atom. The number of carbonyl (C=O) groups is 1. The summed E-state index contributed by atoms with van der Waals surface area (Å²) in [4.78, 5) is 18.3. The molecule has 1 atom stereocenters. The van der Waals surface area contributed by atoms with Crippen LogP contribution in [0.4, 0.5) is 0 Å². The second-order valence-electron chi connectivity index (χ2n) is 7.73. The van der Waals surface area contributed by atoms with Gasteiger partial charge in [-0.25, -0.2) is 8.42 Å². The number of nitrogens with zero attached hydrogens (tertiary/aromatic N) is 2. The molecule has 7 heteroatoms. The number of likely N-dealkylation sites (tertiary alicyclic amines) is 1. The highest BCUT2D eigenvalue weighted by Gasteiger charge is 2.62. The standard InChI is InChI=1S/C18H24N2O4S/c1-13-4-6-19-16(8-13)17(21)20-11-18(12-20)15(5-7-25(18,22)23)10-24-9-14-2-3-14/h4,6,8,14-15H,2-3,5,7,9-12H2,1H3/t15-/m1/s1. The highest BCUT2D eigenvalue weighted by atomic mass is 32.2. The number of hydrogen-bond donors (Lipinski definition) is 0. The lowest BCUT2D eigenvalue weighted by Crippen LogP contribution is -2.68. The molecular weight excluding hydrogens is 340 g/mol. The molecule has 0 aromatic carbocycles. The summed E-state index contributed by atoms with van der Waals surface area (Å²) >= 11 is 0. The highest BCUT2D eigenvalue weighted by Crippen LogP contribution is 2.45. The first kappa shape index (κ1) is 17.0. The molecule has 1 aliphatic carbocycles. The molecule has 1 amide bonds. The van der Waals surface area contributed by atoms with Crippen molar-refractivity contribution < 1.29 is 17.9 Å². The Morgan fingerprint density at radius 3 is 2.76 bits per heavy atom. The molecule has 0 bridgehead atoms. The SMILES string of the molecule is Cc1ccnc(C(=O)N2CC3(C2)[C@@H](COCC2CC2)CCS3(=O)=O)c1. The fourth-order valence-corrected chi connectivity index (χ4v) is 6.33. The van der Waals surface area contributed by atoms with Crippen LogP contribution < -0.4 is 0 Å². The molecule has 136 valence electrons. The average Bonchev–Trinajstić information content (AvgIpc) is 3.30. The average molecular weight is 364 g/mol. The summed E-state index contributed by atoms with van der Waals surface area (Å²) in [5, 5.41) is 0. The minimum Gasteiger partial charge on any atom is -0.381 e. The van der Waals surface area contributed by atoms with Crippen LogP contribution in [-0.2, 0) is 14.6 Å². The van der Waals surface area contributed by atoms with Gasteiger partial charge in [0.15, 0.2) is 9.84 Å². The molecule has 2 aliphatic heterocycles. The normalized spacial score (nSPS) is 26.6. The number of sulfone groups is 1. The van der Waals surface area contributed by atoms with E-state index in [2.05, 4.69) is 4.98 Å². The zero-order valence-corrected chi connectivity index (χ0v) is 15.3. The van der Waals surface area contributed by atoms with E-state index in [1.54, 1.807) is 17.2 Å². The van der Waals surface area contributed by atoms with Crippen molar-refractivity contribution >= 4 is 15.7 Å². The second kappa shape index (κ2) is 6.06. The number of ether oxygens (including phenoxy) is 1. The first-order valence-electron chi connectivity index (χ1n) is 8.93. The molecule has 6 nitrogen and oxygen atoms in total. The van der Waals surface area contributed by atoms with E-state index in [0.29, 0.717) is 24.6 Å². The molecule has 0 N–H and O–H groups in total. The Morgan fingerprint density at radius 2 is 2.08 bits per heavy atom. The van der Waals surface area contributed by atoms with E-state index in [1.165, 1.54) is 12.8 Å². The van der Waals surface area contributed by atoms with Crippen molar-refractivity contribution in [2.75, 3.05) is 32.1 Å². The number of aromatic nitrogens is 1. The molecule has 25 heavy (non-hydrogen) atoms. The smallest absolute Gasteiger partial charge is 0.272 e. The van der Waals surface area contributed by atoms with E-state index >= 15 is 0 Å². The predicted octanol–water partition coefficient (Wildman–Crippen LogP) is 1.45. The van der Waals surface area contributed by atoms with E-state index in [-0.39, 0.29) is 30.7 Å². The van der Waals surface area contributed by atoms with Crippen LogP contribution in [0.2, 0.25) is 0 Å². The van der Waals surface area contributed by atoms with Gasteiger partial charge in [-0.2, -0.15) is 0 Å². The van der Waals surface area contributed by atoms with Crippen LogP contribution in [0, 0.1) is 18.8 Å². The van der Waals surface area contributed by atoms with Crippen molar-refractivity contribution in [3.8, 4) is 0 Å². The number of hydrogen-bond acceptors (Lipinski definition) is 5. The predicted molar refractivity (Wildman–Crippen MR) is 93.0 cm³/mol. The van der Waals surface area contributed by atoms with Gasteiger partial charge in [0.1, 0.15) is 10.4 Å². The van der Waals surface area contributed by atoms with E-state index in [1.807, 2.05) is 13.0 Å². The van der Waals surface area contributed by atoms with Gasteiger partial charge in [-0.05, 0) is 49.8 Å². The highest BCUT2D eigenvalue weighted by molar-refractivity contribution is 7.93. The fraction of sp³-hybridized carbons (Fsp3) is 0.667. The molecule has 0 radical (unpaired) electrons. The minimum atomic E-state index is -3.19. The van der Waals surface area contributed by atoms with Gasteiger partial charge >= 0.3 is 0 Å². The van der Waals surface area contributed by atoms with Gasteiger partial charge in [0.25, 0.3) is 5.91 Å². The molecule has 3 heterocycles. The molecule has 1 spiro atoms. The summed E-state index contributed by atoms with van der Waals surface area (Å²) in [6.07, 6.45) is 4.69. The summed E-state index contributed by atoms with van der Waals surface area (Å²) in [5.41, 5.74) is 1.35. The van der Waals surface area contributed by atoms with E-state index in [0.717, 1.165) is 12.2 Å².